The Morgan fingerprint density at radius 2 is 0.758 bits per heavy atom. The Bertz CT molecular complexity index is 2970. The van der Waals surface area contributed by atoms with Gasteiger partial charge in [-0.3, -0.25) is 14.4 Å². The number of amides is 3. The fourth-order valence-electron chi connectivity index (χ4n) is 6.09. The summed E-state index contributed by atoms with van der Waals surface area (Å²) in [5.41, 5.74) is 16.0. The van der Waals surface area contributed by atoms with Gasteiger partial charge in [0.1, 0.15) is 40.5 Å². The summed E-state index contributed by atoms with van der Waals surface area (Å²) in [7, 11) is 0. The number of hydrogen-bond donors (Lipinski definition) is 6. The second-order valence-electron chi connectivity index (χ2n) is 14.2. The molecule has 9 rings (SSSR count). The lowest BCUT2D eigenvalue weighted by atomic mass is 10.1. The van der Waals surface area contributed by atoms with Crippen molar-refractivity contribution in [1.29, 1.82) is 0 Å². The number of halogens is 3. The average Bonchev–Trinajstić information content (AvgIpc) is 4.11. The Morgan fingerprint density at radius 3 is 1.14 bits per heavy atom. The van der Waals surface area contributed by atoms with Crippen LogP contribution in [-0.2, 0) is 0 Å². The van der Waals surface area contributed by atoms with Crippen LogP contribution in [0.15, 0.2) is 195 Å². The van der Waals surface area contributed by atoms with Crippen molar-refractivity contribution in [2.75, 3.05) is 27.4 Å². The van der Waals surface area contributed by atoms with Gasteiger partial charge in [-0.05, 0) is 152 Å². The number of carbonyl (C=O) groups excluding carboxylic acids is 3. The SMILES string of the molecule is Nc1ccc(-c2ccc(C(=O)Nc3cccc(F)c3)o2)cc1.Nc1cccc(-c2ccc(C(=O)Nc3cccc(F)c3)o2)c1.O=C(Nc1cccc(F)c1)c1ccc(-c2ccc(O)cc2)o1. The number of aromatic hydroxyl groups is 1. The third-order valence-corrected chi connectivity index (χ3v) is 9.25. The van der Waals surface area contributed by atoms with Gasteiger partial charge in [-0.15, -0.1) is 0 Å². The molecule has 66 heavy (non-hydrogen) atoms. The third-order valence-electron chi connectivity index (χ3n) is 9.25. The van der Waals surface area contributed by atoms with Gasteiger partial charge in [0, 0.05) is 45.1 Å². The zero-order chi connectivity index (χ0) is 46.6. The molecule has 0 atom stereocenters. The maximum Gasteiger partial charge on any atom is 0.291 e. The molecule has 0 aliphatic heterocycles. The zero-order valence-electron chi connectivity index (χ0n) is 34.5. The highest BCUT2D eigenvalue weighted by Gasteiger charge is 2.16. The van der Waals surface area contributed by atoms with Crippen LogP contribution in [0.5, 0.6) is 5.75 Å². The van der Waals surface area contributed by atoms with E-state index in [2.05, 4.69) is 16.0 Å². The predicted molar refractivity (Wildman–Crippen MR) is 246 cm³/mol. The van der Waals surface area contributed by atoms with E-state index < -0.39 is 35.2 Å². The van der Waals surface area contributed by atoms with Gasteiger partial charge < -0.3 is 45.8 Å². The Kier molecular flexibility index (Phi) is 14.1. The van der Waals surface area contributed by atoms with Crippen molar-refractivity contribution in [1.82, 2.24) is 0 Å². The first-order valence-corrected chi connectivity index (χ1v) is 19.9. The van der Waals surface area contributed by atoms with Crippen molar-refractivity contribution in [3.63, 3.8) is 0 Å². The summed E-state index contributed by atoms with van der Waals surface area (Å²) in [5.74, 6) is -0.446. The minimum atomic E-state index is -0.462. The average molecular weight is 890 g/mol. The van der Waals surface area contributed by atoms with Gasteiger partial charge in [0.15, 0.2) is 17.3 Å². The van der Waals surface area contributed by atoms with Crippen molar-refractivity contribution in [3.05, 3.63) is 217 Å². The zero-order valence-corrected chi connectivity index (χ0v) is 34.5. The molecule has 12 nitrogen and oxygen atoms in total. The van der Waals surface area contributed by atoms with Crippen LogP contribution in [-0.4, -0.2) is 22.8 Å². The lowest BCUT2D eigenvalue weighted by molar-refractivity contribution is 0.0990. The molecule has 0 unspecified atom stereocenters. The molecule has 8 N–H and O–H groups in total. The molecule has 330 valence electrons. The van der Waals surface area contributed by atoms with Crippen LogP contribution in [0.1, 0.15) is 31.7 Å². The minimum absolute atomic E-state index is 0.118. The van der Waals surface area contributed by atoms with Crippen molar-refractivity contribution in [3.8, 4) is 39.7 Å². The summed E-state index contributed by atoms with van der Waals surface area (Å²) in [6.45, 7) is 0. The van der Waals surface area contributed by atoms with Crippen LogP contribution < -0.4 is 27.4 Å². The Morgan fingerprint density at radius 1 is 0.394 bits per heavy atom. The van der Waals surface area contributed by atoms with Crippen LogP contribution in [0.4, 0.5) is 41.6 Å². The summed E-state index contributed by atoms with van der Waals surface area (Å²) in [5, 5.41) is 17.0. The van der Waals surface area contributed by atoms with E-state index >= 15 is 0 Å². The molecule has 0 spiro atoms. The number of phenolic OH excluding ortho intramolecular Hbond substituents is 1. The Hall–Kier alpha value is -9.24. The van der Waals surface area contributed by atoms with E-state index in [1.54, 1.807) is 91.0 Å². The van der Waals surface area contributed by atoms with Gasteiger partial charge in [0.2, 0.25) is 0 Å². The molecule has 0 saturated heterocycles. The topological polar surface area (TPSA) is 199 Å². The summed E-state index contributed by atoms with van der Waals surface area (Å²) in [4.78, 5) is 36.2. The van der Waals surface area contributed by atoms with Gasteiger partial charge in [-0.25, -0.2) is 13.2 Å². The number of hydrogen-bond acceptors (Lipinski definition) is 9. The van der Waals surface area contributed by atoms with Crippen LogP contribution in [0, 0.1) is 17.5 Å². The smallest absolute Gasteiger partial charge is 0.291 e. The number of nitrogens with one attached hydrogen (secondary N) is 3. The normalized spacial score (nSPS) is 10.4. The minimum Gasteiger partial charge on any atom is -0.508 e. The number of benzene rings is 6. The van der Waals surface area contributed by atoms with Crippen molar-refractivity contribution in [2.45, 2.75) is 0 Å². The van der Waals surface area contributed by atoms with Gasteiger partial charge in [0.05, 0.1) is 0 Å². The van der Waals surface area contributed by atoms with Gasteiger partial charge in [-0.2, -0.15) is 0 Å². The summed E-state index contributed by atoms with van der Waals surface area (Å²) < 4.78 is 55.8. The van der Waals surface area contributed by atoms with E-state index in [1.165, 1.54) is 72.8 Å². The monoisotopic (exact) mass is 889 g/mol. The van der Waals surface area contributed by atoms with Crippen molar-refractivity contribution < 1.29 is 45.9 Å². The van der Waals surface area contributed by atoms with E-state index in [1.807, 2.05) is 18.2 Å². The fourth-order valence-corrected chi connectivity index (χ4v) is 6.09. The van der Waals surface area contributed by atoms with Gasteiger partial charge >= 0.3 is 0 Å². The second-order valence-corrected chi connectivity index (χ2v) is 14.2. The van der Waals surface area contributed by atoms with Crippen LogP contribution >= 0.6 is 0 Å². The molecule has 15 heteroatoms. The molecule has 9 aromatic rings. The first-order chi connectivity index (χ1) is 31.8. The first-order valence-electron chi connectivity index (χ1n) is 19.9. The number of carbonyl (C=O) groups is 3. The van der Waals surface area contributed by atoms with E-state index in [-0.39, 0.29) is 23.0 Å². The van der Waals surface area contributed by atoms with Crippen LogP contribution in [0.2, 0.25) is 0 Å². The number of anilines is 5. The quantitative estimate of drug-likeness (QED) is 0.0763. The van der Waals surface area contributed by atoms with Gasteiger partial charge in [-0.1, -0.05) is 30.3 Å². The largest absolute Gasteiger partial charge is 0.508 e. The summed E-state index contributed by atoms with van der Waals surface area (Å²) in [6.07, 6.45) is 0. The van der Waals surface area contributed by atoms with Crippen LogP contribution in [0.25, 0.3) is 34.0 Å². The Labute approximate surface area is 374 Å². The maximum absolute atomic E-state index is 13.1. The summed E-state index contributed by atoms with van der Waals surface area (Å²) in [6, 6.07) is 47.4. The molecular weight excluding hydrogens is 852 g/mol. The molecule has 0 bridgehead atoms. The molecule has 3 amide bonds. The van der Waals surface area contributed by atoms with E-state index in [0.717, 1.165) is 16.7 Å². The van der Waals surface area contributed by atoms with E-state index in [0.29, 0.717) is 45.7 Å². The van der Waals surface area contributed by atoms with Crippen molar-refractivity contribution in [2.24, 2.45) is 0 Å². The molecule has 0 fully saturated rings. The maximum atomic E-state index is 13.1. The fraction of sp³-hybridized carbons (Fsp3) is 0. The lowest BCUT2D eigenvalue weighted by Gasteiger charge is -2.03. The highest BCUT2D eigenvalue weighted by molar-refractivity contribution is 6.04. The number of rotatable bonds is 9. The Balaban J connectivity index is 0.000000147. The highest BCUT2D eigenvalue weighted by atomic mass is 19.1. The molecule has 3 heterocycles. The summed E-state index contributed by atoms with van der Waals surface area (Å²) >= 11 is 0. The van der Waals surface area contributed by atoms with E-state index in [4.69, 9.17) is 24.7 Å². The molecule has 3 aromatic heterocycles. The first kappa shape index (κ1) is 44.8. The molecule has 0 radical (unpaired) electrons. The second kappa shape index (κ2) is 20.8. The number of nitrogen functional groups attached to an aromatic ring is 2. The molecule has 6 aromatic carbocycles. The lowest BCUT2D eigenvalue weighted by Crippen LogP contribution is -2.10. The molecule has 0 saturated carbocycles. The molecular formula is C51H38F3N5O7. The molecule has 0 aliphatic rings. The van der Waals surface area contributed by atoms with Crippen LogP contribution in [0.3, 0.4) is 0 Å². The van der Waals surface area contributed by atoms with Gasteiger partial charge in [0.25, 0.3) is 17.7 Å². The highest BCUT2D eigenvalue weighted by Crippen LogP contribution is 2.27. The van der Waals surface area contributed by atoms with Crippen molar-refractivity contribution >= 4 is 46.2 Å². The standard InChI is InChI=1S/2C17H13FN2O2.C17H12FNO3/c18-12-4-2-6-14(10-12)20-17(21)16-8-7-15(22-16)11-3-1-5-13(19)9-11;18-12-2-1-3-14(10-12)20-17(21)16-9-8-15(22-16)11-4-6-13(19)7-5-11;18-12-2-1-3-13(10-12)19-17(21)16-9-8-15(22-16)11-4-6-14(20)7-5-11/h2*1-10H,19H2,(H,20,21);1-10,20H,(H,19,21). The number of furan rings is 3. The number of phenols is 1. The predicted octanol–water partition coefficient (Wildman–Crippen LogP) is 11.9. The third kappa shape index (κ3) is 12.2. The molecule has 0 aliphatic carbocycles. The van der Waals surface area contributed by atoms with E-state index in [9.17, 15) is 32.7 Å². The number of nitrogens with two attached hydrogens (primary N) is 2.